The second kappa shape index (κ2) is 18.6. The topological polar surface area (TPSA) is 3.24 Å². The number of unbranched alkanes of at least 4 members (excludes halogenated alkanes) is 10. The van der Waals surface area contributed by atoms with Crippen molar-refractivity contribution < 1.29 is 0 Å². The molecule has 0 radical (unpaired) electrons. The Labute approximate surface area is 144 Å². The van der Waals surface area contributed by atoms with Crippen LogP contribution in [0.5, 0.6) is 0 Å². The molecule has 0 spiro atoms. The second-order valence-electron chi connectivity index (χ2n) is 6.73. The molecule has 0 heterocycles. The van der Waals surface area contributed by atoms with E-state index in [0.29, 0.717) is 0 Å². The zero-order valence-corrected chi connectivity index (χ0v) is 15.5. The van der Waals surface area contributed by atoms with Gasteiger partial charge in [-0.25, -0.2) is 0 Å². The first-order valence-corrected chi connectivity index (χ1v) is 10.1. The van der Waals surface area contributed by atoms with E-state index in [2.05, 4.69) is 36.5 Å². The van der Waals surface area contributed by atoms with Gasteiger partial charge in [0.2, 0.25) is 0 Å². The molecule has 0 unspecified atom stereocenters. The van der Waals surface area contributed by atoms with Gasteiger partial charge in [0.15, 0.2) is 0 Å². The zero-order chi connectivity index (χ0) is 15.6. The molecule has 0 N–H and O–H groups in total. The van der Waals surface area contributed by atoms with Crippen LogP contribution < -0.4 is 0 Å². The Bertz CT molecular complexity index is 168. The zero-order valence-electron chi connectivity index (χ0n) is 15.5. The van der Waals surface area contributed by atoms with Crippen molar-refractivity contribution in [1.82, 2.24) is 4.90 Å². The van der Waals surface area contributed by atoms with Crippen molar-refractivity contribution in [1.29, 1.82) is 0 Å². The summed E-state index contributed by atoms with van der Waals surface area (Å²) in [7, 11) is 0. The van der Waals surface area contributed by atoms with Crippen LogP contribution in [0.3, 0.4) is 0 Å². The van der Waals surface area contributed by atoms with E-state index in [-0.39, 0.29) is 0 Å². The average molecular weight is 289 g/mol. The number of hydrogen-bond donors (Lipinski definition) is 0. The summed E-state index contributed by atoms with van der Waals surface area (Å²) in [5.74, 6) is 0. The third-order valence-corrected chi connectivity index (χ3v) is 4.48. The molecule has 0 bridgehead atoms. The molecule has 1 nitrogen and oxygen atoms in total. The second-order valence-corrected chi connectivity index (χ2v) is 6.73. The van der Waals surface area contributed by atoms with Crippen molar-refractivity contribution in [3.63, 3.8) is 0 Å². The first-order chi connectivity index (χ1) is 10.3. The van der Waals surface area contributed by atoms with Gasteiger partial charge in [-0.05, 0) is 0 Å². The molecule has 0 amide bonds. The van der Waals surface area contributed by atoms with Crippen LogP contribution in [0.4, 0.5) is 0 Å². The van der Waals surface area contributed by atoms with Crippen LogP contribution in [0.15, 0.2) is 0 Å². The van der Waals surface area contributed by atoms with Crippen LogP contribution in [0, 0.1) is 0 Å². The van der Waals surface area contributed by atoms with E-state index in [9.17, 15) is 0 Å². The number of hydrogen-bond acceptors (Lipinski definition) is 1. The maximum atomic E-state index is 2.74. The molecule has 0 rings (SSSR count). The van der Waals surface area contributed by atoms with E-state index >= 15 is 0 Å². The van der Waals surface area contributed by atoms with Crippen LogP contribution in [-0.2, 0) is 0 Å². The molecule has 21 heavy (non-hydrogen) atoms. The van der Waals surface area contributed by atoms with E-state index in [1.807, 2.05) is 0 Å². The van der Waals surface area contributed by atoms with E-state index in [1.54, 1.807) is 0 Å². The van der Waals surface area contributed by atoms with Crippen LogP contribution in [-0.4, -0.2) is 42.2 Å². The molecule has 0 aliphatic heterocycles. The van der Waals surface area contributed by atoms with Crippen molar-refractivity contribution in [2.45, 2.75) is 102 Å². The van der Waals surface area contributed by atoms with Crippen LogP contribution in [0.2, 0.25) is 5.09 Å². The van der Waals surface area contributed by atoms with Crippen LogP contribution in [0.25, 0.3) is 0 Å². The van der Waals surface area contributed by atoms with Gasteiger partial charge in [-0.2, -0.15) is 0 Å². The summed E-state index contributed by atoms with van der Waals surface area (Å²) < 4.78 is 0. The standard InChI is InChI=1S/C19H40N.Li/c1-4-7-9-11-13-15-18-20(17-6-3)19-16-14-12-10-8-5-2;/h3-19H2,1-2H3;. The molecule has 0 aromatic rings. The van der Waals surface area contributed by atoms with Crippen LogP contribution in [0.1, 0.15) is 97.3 Å². The first-order valence-electron chi connectivity index (χ1n) is 10.1. The van der Waals surface area contributed by atoms with Gasteiger partial charge in [-0.3, -0.25) is 0 Å². The molecule has 122 valence electrons. The van der Waals surface area contributed by atoms with Gasteiger partial charge in [-0.15, -0.1) is 0 Å². The molecule has 0 fully saturated rings. The van der Waals surface area contributed by atoms with Crippen molar-refractivity contribution in [3.05, 3.63) is 0 Å². The van der Waals surface area contributed by atoms with Gasteiger partial charge in [0.05, 0.1) is 0 Å². The summed E-state index contributed by atoms with van der Waals surface area (Å²) in [6, 6.07) is 0. The van der Waals surface area contributed by atoms with E-state index in [1.165, 1.54) is 108 Å². The van der Waals surface area contributed by atoms with Gasteiger partial charge in [0.25, 0.3) is 0 Å². The summed E-state index contributed by atoms with van der Waals surface area (Å²) in [6.45, 7) is 8.63. The Hall–Kier alpha value is 0.557. The quantitative estimate of drug-likeness (QED) is 0.235. The Balaban J connectivity index is 3.56. The summed E-state index contributed by atoms with van der Waals surface area (Å²) in [5, 5.41) is 1.34. The van der Waals surface area contributed by atoms with Gasteiger partial charge in [0, 0.05) is 0 Å². The fourth-order valence-electron chi connectivity index (χ4n) is 2.95. The van der Waals surface area contributed by atoms with Gasteiger partial charge in [-0.1, -0.05) is 0 Å². The normalized spacial score (nSPS) is 11.5. The monoisotopic (exact) mass is 289 g/mol. The summed E-state index contributed by atoms with van der Waals surface area (Å²) >= 11 is 2.31. The minimum absolute atomic E-state index is 1.33. The Morgan fingerprint density at radius 2 is 0.905 bits per heavy atom. The SMILES string of the molecule is [Li][CH2]CCN(CCCCCCCC)CCCCCCCC. The van der Waals surface area contributed by atoms with E-state index in [0.717, 1.165) is 0 Å². The molecular weight excluding hydrogens is 249 g/mol. The third kappa shape index (κ3) is 16.8. The molecule has 0 aromatic carbocycles. The Kier molecular flexibility index (Phi) is 19.1. The van der Waals surface area contributed by atoms with Crippen molar-refractivity contribution in [2.24, 2.45) is 0 Å². The molecule has 0 saturated carbocycles. The predicted molar refractivity (Wildman–Crippen MR) is 98.4 cm³/mol. The molecule has 0 saturated heterocycles. The van der Waals surface area contributed by atoms with Crippen molar-refractivity contribution in [3.8, 4) is 0 Å². The fraction of sp³-hybridized carbons (Fsp3) is 1.00. The van der Waals surface area contributed by atoms with E-state index in [4.69, 9.17) is 0 Å². The summed E-state index contributed by atoms with van der Waals surface area (Å²) in [5.41, 5.74) is 0. The molecule has 0 aliphatic carbocycles. The third-order valence-electron chi connectivity index (χ3n) is 4.48. The molecule has 0 aromatic heterocycles. The average Bonchev–Trinajstić information content (AvgIpc) is 2.50. The maximum absolute atomic E-state index is 2.74. The van der Waals surface area contributed by atoms with E-state index < -0.39 is 0 Å². The first kappa shape index (κ1) is 21.6. The molecular formula is C19H40LiN. The summed E-state index contributed by atoms with van der Waals surface area (Å²) in [4.78, 5) is 2.74. The van der Waals surface area contributed by atoms with Gasteiger partial charge >= 0.3 is 145 Å². The predicted octanol–water partition coefficient (Wildman–Crippen LogP) is 5.99. The molecule has 0 aliphatic rings. The fourth-order valence-corrected chi connectivity index (χ4v) is 2.95. The summed E-state index contributed by atoms with van der Waals surface area (Å²) in [6.07, 6.45) is 18.5. The minimum atomic E-state index is 1.33. The Morgan fingerprint density at radius 1 is 0.524 bits per heavy atom. The Morgan fingerprint density at radius 3 is 1.33 bits per heavy atom. The molecule has 2 heteroatoms. The van der Waals surface area contributed by atoms with Crippen molar-refractivity contribution in [2.75, 3.05) is 19.6 Å². The van der Waals surface area contributed by atoms with Crippen molar-refractivity contribution >= 4 is 17.7 Å². The number of rotatable bonds is 17. The van der Waals surface area contributed by atoms with Gasteiger partial charge in [0.1, 0.15) is 0 Å². The molecule has 0 atom stereocenters. The number of nitrogens with zero attached hydrogens (tertiary/aromatic N) is 1. The van der Waals surface area contributed by atoms with Gasteiger partial charge < -0.3 is 0 Å². The van der Waals surface area contributed by atoms with Crippen LogP contribution >= 0.6 is 0 Å².